The van der Waals surface area contributed by atoms with E-state index in [-0.39, 0.29) is 10.8 Å². The third kappa shape index (κ3) is 4.98. The van der Waals surface area contributed by atoms with Gasteiger partial charge in [-0.3, -0.25) is 9.48 Å². The number of piperidine rings is 1. The highest BCUT2D eigenvalue weighted by Gasteiger charge is 2.26. The standard InChI is InChI=1S/C19H27N5O3S/c1-22(2)11-12-23-15-17(14-20-23)21-19(25)16-7-6-8-18(13-16)28(26,27)24-9-4-3-5-10-24/h6-8,13-15H,3-5,9-12H2,1-2H3,(H,21,25). The van der Waals surface area contributed by atoms with Gasteiger partial charge in [0.05, 0.1) is 23.3 Å². The van der Waals surface area contributed by atoms with E-state index in [1.54, 1.807) is 35.3 Å². The molecule has 0 aliphatic carbocycles. The minimum atomic E-state index is -3.57. The Morgan fingerprint density at radius 1 is 1.21 bits per heavy atom. The van der Waals surface area contributed by atoms with Gasteiger partial charge >= 0.3 is 0 Å². The number of amides is 1. The zero-order valence-electron chi connectivity index (χ0n) is 16.3. The lowest BCUT2D eigenvalue weighted by atomic mass is 10.2. The van der Waals surface area contributed by atoms with Gasteiger partial charge in [0.2, 0.25) is 10.0 Å². The van der Waals surface area contributed by atoms with Gasteiger partial charge in [-0.05, 0) is 45.1 Å². The molecule has 0 bridgehead atoms. The van der Waals surface area contributed by atoms with Crippen molar-refractivity contribution in [1.82, 2.24) is 19.0 Å². The number of likely N-dealkylation sites (N-methyl/N-ethyl adjacent to an activating group) is 1. The summed E-state index contributed by atoms with van der Waals surface area (Å²) in [6.07, 6.45) is 6.14. The Bertz CT molecular complexity index is 917. The maximum absolute atomic E-state index is 12.8. The van der Waals surface area contributed by atoms with Crippen molar-refractivity contribution in [1.29, 1.82) is 0 Å². The van der Waals surface area contributed by atoms with E-state index in [2.05, 4.69) is 10.4 Å². The van der Waals surface area contributed by atoms with E-state index < -0.39 is 10.0 Å². The van der Waals surface area contributed by atoms with Gasteiger partial charge in [-0.1, -0.05) is 12.5 Å². The van der Waals surface area contributed by atoms with E-state index in [1.165, 1.54) is 10.4 Å². The van der Waals surface area contributed by atoms with Crippen LogP contribution in [-0.4, -0.2) is 67.0 Å². The van der Waals surface area contributed by atoms with Gasteiger partial charge < -0.3 is 10.2 Å². The summed E-state index contributed by atoms with van der Waals surface area (Å²) in [7, 11) is 0.396. The number of nitrogens with zero attached hydrogens (tertiary/aromatic N) is 4. The fourth-order valence-electron chi connectivity index (χ4n) is 3.11. The number of hydrogen-bond acceptors (Lipinski definition) is 5. The number of aromatic nitrogens is 2. The molecule has 0 saturated carbocycles. The van der Waals surface area contributed by atoms with Crippen LogP contribution in [0.15, 0.2) is 41.6 Å². The molecule has 2 aromatic rings. The largest absolute Gasteiger partial charge is 0.319 e. The molecular weight excluding hydrogens is 378 g/mol. The van der Waals surface area contributed by atoms with Gasteiger partial charge in [0.1, 0.15) is 0 Å². The molecule has 8 nitrogen and oxygen atoms in total. The van der Waals surface area contributed by atoms with E-state index in [0.29, 0.717) is 30.9 Å². The highest BCUT2D eigenvalue weighted by atomic mass is 32.2. The number of nitrogens with one attached hydrogen (secondary N) is 1. The summed E-state index contributed by atoms with van der Waals surface area (Å²) in [6.45, 7) is 2.62. The van der Waals surface area contributed by atoms with Gasteiger partial charge in [-0.15, -0.1) is 0 Å². The summed E-state index contributed by atoms with van der Waals surface area (Å²) in [5.41, 5.74) is 0.882. The fraction of sp³-hybridized carbons (Fsp3) is 0.474. The number of sulfonamides is 1. The van der Waals surface area contributed by atoms with Crippen LogP contribution in [0.4, 0.5) is 5.69 Å². The van der Waals surface area contributed by atoms with Gasteiger partial charge in [-0.2, -0.15) is 9.40 Å². The second-order valence-electron chi connectivity index (χ2n) is 7.24. The third-order valence-corrected chi connectivity index (χ3v) is 6.61. The molecular formula is C19H27N5O3S. The lowest BCUT2D eigenvalue weighted by Gasteiger charge is -2.26. The molecule has 0 spiro atoms. The smallest absolute Gasteiger partial charge is 0.255 e. The highest BCUT2D eigenvalue weighted by Crippen LogP contribution is 2.21. The van der Waals surface area contributed by atoms with Crippen LogP contribution in [0.1, 0.15) is 29.6 Å². The zero-order valence-corrected chi connectivity index (χ0v) is 17.2. The quantitative estimate of drug-likeness (QED) is 0.760. The molecule has 152 valence electrons. The van der Waals surface area contributed by atoms with E-state index in [4.69, 9.17) is 0 Å². The van der Waals surface area contributed by atoms with Crippen LogP contribution in [0.25, 0.3) is 0 Å². The first-order valence-electron chi connectivity index (χ1n) is 9.45. The van der Waals surface area contributed by atoms with Crippen molar-refractivity contribution in [2.75, 3.05) is 39.0 Å². The molecule has 0 atom stereocenters. The molecule has 3 rings (SSSR count). The lowest BCUT2D eigenvalue weighted by molar-refractivity contribution is 0.102. The molecule has 1 aromatic carbocycles. The first-order valence-corrected chi connectivity index (χ1v) is 10.9. The molecule has 0 unspecified atom stereocenters. The molecule has 2 heterocycles. The van der Waals surface area contributed by atoms with Crippen molar-refractivity contribution < 1.29 is 13.2 Å². The minimum Gasteiger partial charge on any atom is -0.319 e. The number of carbonyl (C=O) groups is 1. The topological polar surface area (TPSA) is 87.5 Å². The van der Waals surface area contributed by atoms with E-state index >= 15 is 0 Å². The summed E-state index contributed by atoms with van der Waals surface area (Å²) < 4.78 is 28.9. The highest BCUT2D eigenvalue weighted by molar-refractivity contribution is 7.89. The maximum atomic E-state index is 12.8. The summed E-state index contributed by atoms with van der Waals surface area (Å²) in [5.74, 6) is -0.358. The summed E-state index contributed by atoms with van der Waals surface area (Å²) in [6, 6.07) is 6.20. The molecule has 1 aliphatic rings. The van der Waals surface area contributed by atoms with Gasteiger partial charge in [0.25, 0.3) is 5.91 Å². The Balaban J connectivity index is 1.70. The number of rotatable bonds is 7. The van der Waals surface area contributed by atoms with Gasteiger partial charge in [0, 0.05) is 31.4 Å². The maximum Gasteiger partial charge on any atom is 0.255 e. The molecule has 28 heavy (non-hydrogen) atoms. The molecule has 0 radical (unpaired) electrons. The SMILES string of the molecule is CN(C)CCn1cc(NC(=O)c2cccc(S(=O)(=O)N3CCCCC3)c2)cn1. The predicted octanol–water partition coefficient (Wildman–Crippen LogP) is 1.87. The Kier molecular flexibility index (Phi) is 6.48. The van der Waals surface area contributed by atoms with Crippen molar-refractivity contribution in [3.05, 3.63) is 42.2 Å². The molecule has 1 fully saturated rings. The van der Waals surface area contributed by atoms with Gasteiger partial charge in [-0.25, -0.2) is 8.42 Å². The second kappa shape index (κ2) is 8.85. The molecule has 9 heteroatoms. The Labute approximate surface area is 166 Å². The molecule has 1 aromatic heterocycles. The van der Waals surface area contributed by atoms with Crippen molar-refractivity contribution in [2.45, 2.75) is 30.7 Å². The zero-order chi connectivity index (χ0) is 20.1. The molecule has 1 aliphatic heterocycles. The fourth-order valence-corrected chi connectivity index (χ4v) is 4.67. The van der Waals surface area contributed by atoms with E-state index in [0.717, 1.165) is 25.8 Å². The van der Waals surface area contributed by atoms with Gasteiger partial charge in [0.15, 0.2) is 0 Å². The summed E-state index contributed by atoms with van der Waals surface area (Å²) >= 11 is 0. The average molecular weight is 406 g/mol. The number of hydrogen-bond donors (Lipinski definition) is 1. The van der Waals surface area contributed by atoms with Crippen LogP contribution in [0.5, 0.6) is 0 Å². The van der Waals surface area contributed by atoms with Crippen LogP contribution in [0, 0.1) is 0 Å². The Morgan fingerprint density at radius 2 is 1.96 bits per heavy atom. The summed E-state index contributed by atoms with van der Waals surface area (Å²) in [4.78, 5) is 14.8. The van der Waals surface area contributed by atoms with Crippen molar-refractivity contribution in [3.63, 3.8) is 0 Å². The predicted molar refractivity (Wildman–Crippen MR) is 108 cm³/mol. The molecule has 1 N–H and O–H groups in total. The normalized spacial score (nSPS) is 15.7. The van der Waals surface area contributed by atoms with Crippen LogP contribution in [0.3, 0.4) is 0 Å². The van der Waals surface area contributed by atoms with E-state index in [9.17, 15) is 13.2 Å². The first kappa shape index (κ1) is 20.5. The van der Waals surface area contributed by atoms with Crippen LogP contribution < -0.4 is 5.32 Å². The Hall–Kier alpha value is -2.23. The van der Waals surface area contributed by atoms with Crippen LogP contribution in [-0.2, 0) is 16.6 Å². The number of benzene rings is 1. The third-order valence-electron chi connectivity index (χ3n) is 4.72. The summed E-state index contributed by atoms with van der Waals surface area (Å²) in [5, 5.41) is 7.01. The molecule has 1 saturated heterocycles. The van der Waals surface area contributed by atoms with Crippen molar-refractivity contribution in [2.24, 2.45) is 0 Å². The van der Waals surface area contributed by atoms with E-state index in [1.807, 2.05) is 19.0 Å². The minimum absolute atomic E-state index is 0.156. The average Bonchev–Trinajstić information content (AvgIpc) is 3.14. The van der Waals surface area contributed by atoms with Crippen molar-refractivity contribution >= 4 is 21.6 Å². The second-order valence-corrected chi connectivity index (χ2v) is 9.18. The first-order chi connectivity index (χ1) is 13.4. The van der Waals surface area contributed by atoms with Crippen molar-refractivity contribution in [3.8, 4) is 0 Å². The van der Waals surface area contributed by atoms with Crippen LogP contribution in [0.2, 0.25) is 0 Å². The van der Waals surface area contributed by atoms with Crippen LogP contribution >= 0.6 is 0 Å². The Morgan fingerprint density at radius 3 is 2.68 bits per heavy atom. The monoisotopic (exact) mass is 405 g/mol. The number of anilines is 1. The lowest BCUT2D eigenvalue weighted by Crippen LogP contribution is -2.35. The molecule has 1 amide bonds. The number of carbonyl (C=O) groups excluding carboxylic acids is 1.